The number of benzene rings is 2. The molecule has 3 N–H and O–H groups in total. The van der Waals surface area contributed by atoms with E-state index < -0.39 is 5.97 Å². The molecule has 24 heavy (non-hydrogen) atoms. The minimum atomic E-state index is -1.01. The molecule has 0 unspecified atom stereocenters. The minimum Gasteiger partial charge on any atom is -0.477 e. The topological polar surface area (TPSA) is 78.0 Å². The number of aromatic nitrogens is 2. The maximum absolute atomic E-state index is 11.3. The predicted molar refractivity (Wildman–Crippen MR) is 95.3 cm³/mol. The Kier molecular flexibility index (Phi) is 3.36. The third kappa shape index (κ3) is 2.45. The van der Waals surface area contributed by atoms with Crippen LogP contribution in [-0.2, 0) is 0 Å². The predicted octanol–water partition coefficient (Wildman–Crippen LogP) is 4.81. The van der Waals surface area contributed by atoms with Crippen molar-refractivity contribution in [2.45, 2.75) is 0 Å². The Balaban J connectivity index is 1.94. The van der Waals surface area contributed by atoms with Crippen LogP contribution in [-0.4, -0.2) is 21.0 Å². The number of carboxylic acid groups (broad SMARTS) is 1. The summed E-state index contributed by atoms with van der Waals surface area (Å²) in [5, 5.41) is 14.8. The van der Waals surface area contributed by atoms with Gasteiger partial charge in [-0.15, -0.1) is 0 Å². The number of carboxylic acids is 1. The van der Waals surface area contributed by atoms with E-state index in [2.05, 4.69) is 15.3 Å². The van der Waals surface area contributed by atoms with Crippen molar-refractivity contribution in [2.75, 3.05) is 5.32 Å². The Morgan fingerprint density at radius 1 is 1.08 bits per heavy atom. The number of anilines is 2. The van der Waals surface area contributed by atoms with Gasteiger partial charge >= 0.3 is 5.97 Å². The molecule has 2 aromatic heterocycles. The van der Waals surface area contributed by atoms with Crippen molar-refractivity contribution in [3.8, 4) is 0 Å². The van der Waals surface area contributed by atoms with E-state index in [4.69, 9.17) is 11.6 Å². The Morgan fingerprint density at radius 3 is 2.58 bits per heavy atom. The highest BCUT2D eigenvalue weighted by Gasteiger charge is 2.15. The van der Waals surface area contributed by atoms with Gasteiger partial charge < -0.3 is 15.4 Å². The zero-order chi connectivity index (χ0) is 16.7. The Bertz CT molecular complexity index is 1070. The first-order chi connectivity index (χ1) is 11.6. The molecule has 0 aliphatic rings. The van der Waals surface area contributed by atoms with Gasteiger partial charge in [0, 0.05) is 21.5 Å². The monoisotopic (exact) mass is 337 g/mol. The second kappa shape index (κ2) is 5.54. The lowest BCUT2D eigenvalue weighted by Crippen LogP contribution is -1.95. The Hall–Kier alpha value is -3.05. The van der Waals surface area contributed by atoms with E-state index in [1.54, 1.807) is 18.2 Å². The molecule has 6 heteroatoms. The highest BCUT2D eigenvalue weighted by Crippen LogP contribution is 2.31. The molecule has 4 aromatic rings. The number of hydrogen-bond acceptors (Lipinski definition) is 3. The van der Waals surface area contributed by atoms with Crippen molar-refractivity contribution in [1.82, 2.24) is 9.97 Å². The van der Waals surface area contributed by atoms with Gasteiger partial charge in [-0.1, -0.05) is 29.8 Å². The van der Waals surface area contributed by atoms with Crippen molar-refractivity contribution < 1.29 is 9.90 Å². The number of aromatic amines is 1. The fourth-order valence-corrected chi connectivity index (χ4v) is 2.82. The number of para-hydroxylation sites is 1. The zero-order valence-electron chi connectivity index (χ0n) is 12.4. The molecule has 2 aromatic carbocycles. The van der Waals surface area contributed by atoms with Gasteiger partial charge in [0.1, 0.15) is 11.5 Å². The van der Waals surface area contributed by atoms with Crippen LogP contribution >= 0.6 is 11.6 Å². The zero-order valence-corrected chi connectivity index (χ0v) is 13.1. The fourth-order valence-electron chi connectivity index (χ4n) is 2.70. The van der Waals surface area contributed by atoms with Gasteiger partial charge in [-0.3, -0.25) is 0 Å². The maximum Gasteiger partial charge on any atom is 0.352 e. The molecule has 0 saturated carbocycles. The van der Waals surface area contributed by atoms with E-state index in [0.717, 1.165) is 27.5 Å². The maximum atomic E-state index is 11.3. The van der Waals surface area contributed by atoms with E-state index in [1.807, 2.05) is 36.4 Å². The molecule has 0 atom stereocenters. The van der Waals surface area contributed by atoms with Crippen molar-refractivity contribution >= 4 is 50.9 Å². The summed E-state index contributed by atoms with van der Waals surface area (Å²) in [5.74, 6) is -0.414. The fraction of sp³-hybridized carbons (Fsp3) is 0. The molecule has 5 nitrogen and oxygen atoms in total. The summed E-state index contributed by atoms with van der Waals surface area (Å²) in [6, 6.07) is 16.4. The van der Waals surface area contributed by atoms with Crippen LogP contribution < -0.4 is 5.32 Å². The molecule has 0 aliphatic carbocycles. The SMILES string of the molecule is O=C(O)c1cc2c(Nc3ccc(Cl)cc3)nc3ccccc3c2[nH]1. The Labute approximate surface area is 141 Å². The Morgan fingerprint density at radius 2 is 1.83 bits per heavy atom. The molecule has 118 valence electrons. The average molecular weight is 338 g/mol. The second-order valence-electron chi connectivity index (χ2n) is 5.39. The largest absolute Gasteiger partial charge is 0.477 e. The second-order valence-corrected chi connectivity index (χ2v) is 5.82. The quantitative estimate of drug-likeness (QED) is 0.501. The molecule has 0 aliphatic heterocycles. The summed E-state index contributed by atoms with van der Waals surface area (Å²) < 4.78 is 0. The number of nitrogens with one attached hydrogen (secondary N) is 2. The molecule has 0 spiro atoms. The van der Waals surface area contributed by atoms with Crippen LogP contribution in [0.25, 0.3) is 21.8 Å². The molecular weight excluding hydrogens is 326 g/mol. The van der Waals surface area contributed by atoms with Crippen molar-refractivity contribution in [1.29, 1.82) is 0 Å². The minimum absolute atomic E-state index is 0.127. The van der Waals surface area contributed by atoms with Crippen LogP contribution in [0.3, 0.4) is 0 Å². The standard InChI is InChI=1S/C18H12ClN3O2/c19-10-5-7-11(8-6-10)20-17-13-9-15(18(23)24)21-16(13)12-3-1-2-4-14(12)22-17/h1-9,21H,(H,20,22)(H,23,24). The number of nitrogens with zero attached hydrogens (tertiary/aromatic N) is 1. The summed E-state index contributed by atoms with van der Waals surface area (Å²) in [4.78, 5) is 18.9. The summed E-state index contributed by atoms with van der Waals surface area (Å²) in [6.45, 7) is 0. The van der Waals surface area contributed by atoms with E-state index in [1.165, 1.54) is 0 Å². The normalized spacial score (nSPS) is 11.0. The molecule has 0 saturated heterocycles. The van der Waals surface area contributed by atoms with Gasteiger partial charge in [0.05, 0.1) is 11.0 Å². The van der Waals surface area contributed by atoms with Crippen LogP contribution in [0.5, 0.6) is 0 Å². The molecule has 0 bridgehead atoms. The van der Waals surface area contributed by atoms with Gasteiger partial charge in [0.15, 0.2) is 0 Å². The molecule has 0 fully saturated rings. The summed E-state index contributed by atoms with van der Waals surface area (Å²) in [7, 11) is 0. The highest BCUT2D eigenvalue weighted by molar-refractivity contribution is 6.30. The van der Waals surface area contributed by atoms with E-state index in [0.29, 0.717) is 10.8 Å². The number of fused-ring (bicyclic) bond motifs is 3. The van der Waals surface area contributed by atoms with Crippen molar-refractivity contribution in [3.63, 3.8) is 0 Å². The molecule has 4 rings (SSSR count). The molecule has 0 radical (unpaired) electrons. The summed E-state index contributed by atoms with van der Waals surface area (Å²) in [6.07, 6.45) is 0. The van der Waals surface area contributed by atoms with Gasteiger partial charge in [-0.2, -0.15) is 0 Å². The number of H-pyrrole nitrogens is 1. The molecule has 0 amide bonds. The third-order valence-electron chi connectivity index (χ3n) is 3.82. The van der Waals surface area contributed by atoms with Crippen molar-refractivity contribution in [2.24, 2.45) is 0 Å². The lowest BCUT2D eigenvalue weighted by molar-refractivity contribution is 0.0691. The average Bonchev–Trinajstić information content (AvgIpc) is 3.03. The van der Waals surface area contributed by atoms with Crippen molar-refractivity contribution in [3.05, 3.63) is 65.3 Å². The van der Waals surface area contributed by atoms with Gasteiger partial charge in [-0.05, 0) is 36.4 Å². The van der Waals surface area contributed by atoms with Crippen LogP contribution in [0.15, 0.2) is 54.6 Å². The number of rotatable bonds is 3. The van der Waals surface area contributed by atoms with Gasteiger partial charge in [0.25, 0.3) is 0 Å². The first-order valence-corrected chi connectivity index (χ1v) is 7.67. The summed E-state index contributed by atoms with van der Waals surface area (Å²) in [5.41, 5.74) is 2.47. The molecule has 2 heterocycles. The first-order valence-electron chi connectivity index (χ1n) is 7.29. The van der Waals surface area contributed by atoms with E-state index in [9.17, 15) is 9.90 Å². The van der Waals surface area contributed by atoms with E-state index in [-0.39, 0.29) is 5.69 Å². The van der Waals surface area contributed by atoms with Gasteiger partial charge in [-0.25, -0.2) is 9.78 Å². The smallest absolute Gasteiger partial charge is 0.352 e. The molecular formula is C18H12ClN3O2. The number of halogens is 1. The van der Waals surface area contributed by atoms with Crippen LogP contribution in [0, 0.1) is 0 Å². The summed E-state index contributed by atoms with van der Waals surface area (Å²) >= 11 is 5.91. The number of aromatic carboxylic acids is 1. The number of carbonyl (C=O) groups is 1. The number of pyridine rings is 1. The first kappa shape index (κ1) is 14.5. The van der Waals surface area contributed by atoms with Crippen LogP contribution in [0.4, 0.5) is 11.5 Å². The lowest BCUT2D eigenvalue weighted by atomic mass is 10.1. The van der Waals surface area contributed by atoms with Crippen LogP contribution in [0.1, 0.15) is 10.5 Å². The number of hydrogen-bond donors (Lipinski definition) is 3. The third-order valence-corrected chi connectivity index (χ3v) is 4.07. The lowest BCUT2D eigenvalue weighted by Gasteiger charge is -2.09. The van der Waals surface area contributed by atoms with Gasteiger partial charge in [0.2, 0.25) is 0 Å². The van der Waals surface area contributed by atoms with E-state index >= 15 is 0 Å². The highest BCUT2D eigenvalue weighted by atomic mass is 35.5. The van der Waals surface area contributed by atoms with Crippen LogP contribution in [0.2, 0.25) is 5.02 Å².